The van der Waals surface area contributed by atoms with Crippen LogP contribution in [0.15, 0.2) is 42.5 Å². The molecule has 192 valence electrons. The van der Waals surface area contributed by atoms with Crippen LogP contribution in [0.25, 0.3) is 0 Å². The van der Waals surface area contributed by atoms with E-state index in [0.29, 0.717) is 5.56 Å². The number of carbonyl (C=O) groups excluding carboxylic acids is 1. The third-order valence-electron chi connectivity index (χ3n) is 4.24. The summed E-state index contributed by atoms with van der Waals surface area (Å²) >= 11 is 0. The molecular weight excluding hydrogens is 436 g/mol. The second-order valence-corrected chi connectivity index (χ2v) is 6.97. The molecule has 1 amide bonds. The van der Waals surface area contributed by atoms with Gasteiger partial charge in [-0.05, 0) is 55.4 Å². The Bertz CT molecular complexity index is 807. The predicted molar refractivity (Wildman–Crippen MR) is 138 cm³/mol. The number of likely N-dealkylation sites (N-methyl/N-ethyl adjacent to an activating group) is 1. The smallest absolute Gasteiger partial charge is 0.321 e. The van der Waals surface area contributed by atoms with E-state index in [1.807, 2.05) is 13.8 Å². The number of hydrogen-bond donors (Lipinski definition) is 5. The number of nitrogens with one attached hydrogen (secondary N) is 2. The molecule has 0 spiro atoms. The molecule has 0 aliphatic carbocycles. The van der Waals surface area contributed by atoms with Gasteiger partial charge in [0.25, 0.3) is 0 Å². The Labute approximate surface area is 204 Å². The lowest BCUT2D eigenvalue weighted by Crippen LogP contribution is -2.35. The van der Waals surface area contributed by atoms with E-state index in [0.717, 1.165) is 11.4 Å². The summed E-state index contributed by atoms with van der Waals surface area (Å²) in [5, 5.41) is 32.4. The number of rotatable bonds is 8. The van der Waals surface area contributed by atoms with E-state index in [2.05, 4.69) is 24.5 Å². The predicted octanol–water partition coefficient (Wildman–Crippen LogP) is 5.19. The SMILES string of the molecule is CC.CCCCC.CN[C@@H](Cc1ccc(O)c(O)c1)C(=O)O.COc1ccc(NC(C)=O)cc1. The molecule has 0 fully saturated rings. The molecule has 8 heteroatoms. The number of phenolic OH excluding ortho intramolecular Hbond substituents is 2. The number of aromatic hydroxyl groups is 2. The highest BCUT2D eigenvalue weighted by Crippen LogP contribution is 2.25. The van der Waals surface area contributed by atoms with Crippen molar-refractivity contribution >= 4 is 17.6 Å². The number of carbonyl (C=O) groups is 2. The number of ether oxygens (including phenoxy) is 1. The molecule has 34 heavy (non-hydrogen) atoms. The molecule has 8 nitrogen and oxygen atoms in total. The summed E-state index contributed by atoms with van der Waals surface area (Å²) in [5.74, 6) is -0.697. The molecule has 2 aromatic carbocycles. The van der Waals surface area contributed by atoms with Crippen LogP contribution in [0.3, 0.4) is 0 Å². The monoisotopic (exact) mass is 478 g/mol. The average Bonchev–Trinajstić information content (AvgIpc) is 2.82. The number of benzene rings is 2. The summed E-state index contributed by atoms with van der Waals surface area (Å²) in [6.45, 7) is 9.90. The second-order valence-electron chi connectivity index (χ2n) is 6.97. The minimum absolute atomic E-state index is 0.0693. The number of anilines is 1. The van der Waals surface area contributed by atoms with Crippen LogP contribution in [0.1, 0.15) is 59.4 Å². The van der Waals surface area contributed by atoms with Crippen LogP contribution in [0, 0.1) is 0 Å². The molecule has 0 saturated carbocycles. The molecule has 2 rings (SSSR count). The van der Waals surface area contributed by atoms with Crippen molar-refractivity contribution in [1.82, 2.24) is 5.32 Å². The zero-order valence-corrected chi connectivity index (χ0v) is 21.5. The first-order valence-electron chi connectivity index (χ1n) is 11.5. The van der Waals surface area contributed by atoms with Crippen LogP contribution in [-0.4, -0.2) is 47.4 Å². The zero-order valence-electron chi connectivity index (χ0n) is 21.5. The Morgan fingerprint density at radius 1 is 0.971 bits per heavy atom. The molecule has 0 bridgehead atoms. The number of amides is 1. The molecule has 5 N–H and O–H groups in total. The summed E-state index contributed by atoms with van der Waals surface area (Å²) in [4.78, 5) is 21.3. The third kappa shape index (κ3) is 15.5. The van der Waals surface area contributed by atoms with Crippen molar-refractivity contribution in [3.05, 3.63) is 48.0 Å². The van der Waals surface area contributed by atoms with Crippen molar-refractivity contribution in [1.29, 1.82) is 0 Å². The van der Waals surface area contributed by atoms with Crippen LogP contribution >= 0.6 is 0 Å². The number of aliphatic carboxylic acids is 1. The molecule has 0 radical (unpaired) electrons. The molecule has 0 unspecified atom stereocenters. The number of unbranched alkanes of at least 4 members (excludes halogenated alkanes) is 2. The van der Waals surface area contributed by atoms with E-state index in [1.54, 1.807) is 44.5 Å². The minimum Gasteiger partial charge on any atom is -0.504 e. The first-order chi connectivity index (χ1) is 16.2. The fourth-order valence-corrected chi connectivity index (χ4v) is 2.48. The van der Waals surface area contributed by atoms with E-state index >= 15 is 0 Å². The lowest BCUT2D eigenvalue weighted by Gasteiger charge is -2.11. The molecule has 1 atom stereocenters. The fraction of sp³-hybridized carbons (Fsp3) is 0.462. The topological polar surface area (TPSA) is 128 Å². The Balaban J connectivity index is 0. The Kier molecular flexibility index (Phi) is 19.7. The van der Waals surface area contributed by atoms with E-state index in [4.69, 9.17) is 14.9 Å². The van der Waals surface area contributed by atoms with Crippen LogP contribution in [0.5, 0.6) is 17.2 Å². The van der Waals surface area contributed by atoms with Crippen LogP contribution in [-0.2, 0) is 16.0 Å². The molecule has 0 heterocycles. The Morgan fingerprint density at radius 2 is 1.53 bits per heavy atom. The highest BCUT2D eigenvalue weighted by molar-refractivity contribution is 5.88. The normalized spacial score (nSPS) is 10.1. The van der Waals surface area contributed by atoms with Crippen molar-refractivity contribution in [2.75, 3.05) is 19.5 Å². The van der Waals surface area contributed by atoms with Crippen molar-refractivity contribution in [3.63, 3.8) is 0 Å². The number of methoxy groups -OCH3 is 1. The zero-order chi connectivity index (χ0) is 26.5. The molecule has 0 aliphatic rings. The van der Waals surface area contributed by atoms with Gasteiger partial charge in [0.15, 0.2) is 11.5 Å². The fourth-order valence-electron chi connectivity index (χ4n) is 2.48. The lowest BCUT2D eigenvalue weighted by molar-refractivity contribution is -0.139. The highest BCUT2D eigenvalue weighted by atomic mass is 16.5. The van der Waals surface area contributed by atoms with E-state index < -0.39 is 12.0 Å². The van der Waals surface area contributed by atoms with Crippen molar-refractivity contribution in [2.24, 2.45) is 0 Å². The van der Waals surface area contributed by atoms with Crippen LogP contribution < -0.4 is 15.4 Å². The Hall–Kier alpha value is -3.26. The Morgan fingerprint density at radius 3 is 1.88 bits per heavy atom. The van der Waals surface area contributed by atoms with Gasteiger partial charge in [-0.15, -0.1) is 0 Å². The maximum atomic E-state index is 10.7. The van der Waals surface area contributed by atoms with Gasteiger partial charge in [-0.1, -0.05) is 53.0 Å². The molecular formula is C26H42N2O6. The molecule has 0 aliphatic heterocycles. The van der Waals surface area contributed by atoms with Crippen molar-refractivity contribution in [2.45, 2.75) is 66.3 Å². The lowest BCUT2D eigenvalue weighted by atomic mass is 10.1. The van der Waals surface area contributed by atoms with Gasteiger partial charge in [-0.3, -0.25) is 9.59 Å². The first kappa shape index (κ1) is 32.9. The summed E-state index contributed by atoms with van der Waals surface area (Å²) in [7, 11) is 3.16. The highest BCUT2D eigenvalue weighted by Gasteiger charge is 2.15. The second kappa shape index (κ2) is 20.4. The maximum Gasteiger partial charge on any atom is 0.321 e. The molecule has 0 aromatic heterocycles. The largest absolute Gasteiger partial charge is 0.504 e. The van der Waals surface area contributed by atoms with Gasteiger partial charge in [-0.25, -0.2) is 0 Å². The van der Waals surface area contributed by atoms with E-state index in [-0.39, 0.29) is 23.8 Å². The van der Waals surface area contributed by atoms with Crippen molar-refractivity contribution in [3.8, 4) is 17.2 Å². The standard InChI is InChI=1S/C10H13NO4.C9H11NO2.C5H12.C2H6/c1-11-7(10(14)15)4-6-2-3-8(12)9(13)5-6;1-7(11)10-8-3-5-9(12-2)6-4-8;1-3-5-4-2;1-2/h2-3,5,7,11-13H,4H2,1H3,(H,14,15);3-6H,1-2H3,(H,10,11);3-5H2,1-2H3;1-2H3/t7-;;;/m0.../s1. The molecule has 0 saturated heterocycles. The summed E-state index contributed by atoms with van der Waals surface area (Å²) in [6.07, 6.45) is 4.33. The minimum atomic E-state index is -0.954. The van der Waals surface area contributed by atoms with Crippen LogP contribution in [0.4, 0.5) is 5.69 Å². The van der Waals surface area contributed by atoms with Gasteiger partial charge in [0.2, 0.25) is 5.91 Å². The first-order valence-corrected chi connectivity index (χ1v) is 11.5. The number of carboxylic acid groups (broad SMARTS) is 1. The summed E-state index contributed by atoms with van der Waals surface area (Å²) in [5.41, 5.74) is 1.43. The van der Waals surface area contributed by atoms with Crippen LogP contribution in [0.2, 0.25) is 0 Å². The van der Waals surface area contributed by atoms with Gasteiger partial charge in [-0.2, -0.15) is 0 Å². The van der Waals surface area contributed by atoms with E-state index in [1.165, 1.54) is 38.3 Å². The number of phenols is 2. The maximum absolute atomic E-state index is 10.7. The van der Waals surface area contributed by atoms with E-state index in [9.17, 15) is 14.7 Å². The molecule has 2 aromatic rings. The van der Waals surface area contributed by atoms with Gasteiger partial charge in [0, 0.05) is 12.6 Å². The number of hydrogen-bond acceptors (Lipinski definition) is 6. The quantitative estimate of drug-likeness (QED) is 0.330. The van der Waals surface area contributed by atoms with Crippen molar-refractivity contribution < 1.29 is 29.6 Å². The van der Waals surface area contributed by atoms with Gasteiger partial charge in [0.1, 0.15) is 11.8 Å². The summed E-state index contributed by atoms with van der Waals surface area (Å²) in [6, 6.07) is 10.7. The summed E-state index contributed by atoms with van der Waals surface area (Å²) < 4.78 is 4.96. The average molecular weight is 479 g/mol. The van der Waals surface area contributed by atoms with Gasteiger partial charge < -0.3 is 30.7 Å². The number of carboxylic acids is 1. The third-order valence-corrected chi connectivity index (χ3v) is 4.24. The van der Waals surface area contributed by atoms with Gasteiger partial charge in [0.05, 0.1) is 7.11 Å². The van der Waals surface area contributed by atoms with Gasteiger partial charge >= 0.3 is 5.97 Å².